The first-order valence-electron chi connectivity index (χ1n) is 8.43. The standard InChI is InChI=1S/C20H22FNO4/c1-15(23)16-4-8-19(9-5-16)26-14-20(24)22-12-2-3-13-25-18-10-6-17(21)7-11-18/h4-11H,2-3,12-14H2,1H3,(H,22,24). The Morgan fingerprint density at radius 2 is 1.54 bits per heavy atom. The van der Waals surface area contributed by atoms with Crippen molar-refractivity contribution in [3.05, 3.63) is 59.9 Å². The van der Waals surface area contributed by atoms with Crippen LogP contribution in [0.25, 0.3) is 0 Å². The van der Waals surface area contributed by atoms with Gasteiger partial charge in [0.1, 0.15) is 17.3 Å². The summed E-state index contributed by atoms with van der Waals surface area (Å²) in [6.45, 7) is 2.44. The molecule has 1 amide bonds. The van der Waals surface area contributed by atoms with Crippen LogP contribution in [0.4, 0.5) is 4.39 Å². The topological polar surface area (TPSA) is 64.6 Å². The molecule has 0 aliphatic heterocycles. The number of halogens is 1. The summed E-state index contributed by atoms with van der Waals surface area (Å²) in [5.74, 6) is 0.646. The minimum absolute atomic E-state index is 0.0160. The maximum Gasteiger partial charge on any atom is 0.257 e. The number of carbonyl (C=O) groups is 2. The molecule has 0 aliphatic carbocycles. The second-order valence-electron chi connectivity index (χ2n) is 5.73. The predicted octanol–water partition coefficient (Wildman–Crippen LogP) is 3.38. The molecule has 0 atom stereocenters. The van der Waals surface area contributed by atoms with Crippen molar-refractivity contribution in [1.82, 2.24) is 5.32 Å². The Balaban J connectivity index is 1.54. The Bertz CT molecular complexity index is 714. The lowest BCUT2D eigenvalue weighted by Gasteiger charge is -2.08. The fraction of sp³-hybridized carbons (Fsp3) is 0.300. The van der Waals surface area contributed by atoms with Gasteiger partial charge in [0.05, 0.1) is 6.61 Å². The summed E-state index contributed by atoms with van der Waals surface area (Å²) in [4.78, 5) is 22.9. The SMILES string of the molecule is CC(=O)c1ccc(OCC(=O)NCCCCOc2ccc(F)cc2)cc1. The Morgan fingerprint density at radius 3 is 2.19 bits per heavy atom. The van der Waals surface area contributed by atoms with Gasteiger partial charge in [-0.25, -0.2) is 4.39 Å². The number of nitrogens with one attached hydrogen (secondary N) is 1. The van der Waals surface area contributed by atoms with Gasteiger partial charge in [0.25, 0.3) is 5.91 Å². The quantitative estimate of drug-likeness (QED) is 0.522. The maximum atomic E-state index is 12.8. The van der Waals surface area contributed by atoms with Crippen molar-refractivity contribution < 1.29 is 23.5 Å². The smallest absolute Gasteiger partial charge is 0.257 e. The van der Waals surface area contributed by atoms with E-state index in [4.69, 9.17) is 9.47 Å². The van der Waals surface area contributed by atoms with Crippen LogP contribution in [0.5, 0.6) is 11.5 Å². The van der Waals surface area contributed by atoms with Crippen molar-refractivity contribution in [2.24, 2.45) is 0 Å². The molecule has 0 heterocycles. The summed E-state index contributed by atoms with van der Waals surface area (Å²) < 4.78 is 23.6. The molecule has 1 N–H and O–H groups in total. The second kappa shape index (κ2) is 10.2. The minimum Gasteiger partial charge on any atom is -0.494 e. The molecule has 0 unspecified atom stereocenters. The first kappa shape index (κ1) is 19.4. The summed E-state index contributed by atoms with van der Waals surface area (Å²) in [5.41, 5.74) is 0.602. The highest BCUT2D eigenvalue weighted by Gasteiger charge is 2.04. The van der Waals surface area contributed by atoms with E-state index in [-0.39, 0.29) is 24.1 Å². The molecular formula is C20H22FNO4. The third-order valence-corrected chi connectivity index (χ3v) is 3.61. The van der Waals surface area contributed by atoms with Crippen molar-refractivity contribution >= 4 is 11.7 Å². The van der Waals surface area contributed by atoms with Gasteiger partial charge in [-0.1, -0.05) is 0 Å². The molecule has 2 rings (SSSR count). The van der Waals surface area contributed by atoms with Crippen LogP contribution in [0, 0.1) is 5.82 Å². The fourth-order valence-corrected chi connectivity index (χ4v) is 2.16. The van der Waals surface area contributed by atoms with Gasteiger partial charge in [0.2, 0.25) is 0 Å². The Labute approximate surface area is 152 Å². The summed E-state index contributed by atoms with van der Waals surface area (Å²) in [6, 6.07) is 12.5. The van der Waals surface area contributed by atoms with Gasteiger partial charge in [0.15, 0.2) is 12.4 Å². The molecule has 0 bridgehead atoms. The average Bonchev–Trinajstić information content (AvgIpc) is 2.64. The number of rotatable bonds is 10. The zero-order valence-corrected chi connectivity index (χ0v) is 14.7. The highest BCUT2D eigenvalue weighted by Crippen LogP contribution is 2.13. The number of benzene rings is 2. The van der Waals surface area contributed by atoms with Gasteiger partial charge in [-0.05, 0) is 68.3 Å². The van der Waals surface area contributed by atoms with Gasteiger partial charge in [-0.15, -0.1) is 0 Å². The van der Waals surface area contributed by atoms with Crippen molar-refractivity contribution in [2.45, 2.75) is 19.8 Å². The molecule has 0 aliphatic rings. The van der Waals surface area contributed by atoms with Crippen LogP contribution in [0.2, 0.25) is 0 Å². The van der Waals surface area contributed by atoms with Crippen molar-refractivity contribution in [3.8, 4) is 11.5 Å². The van der Waals surface area contributed by atoms with Gasteiger partial charge in [0, 0.05) is 12.1 Å². The molecular weight excluding hydrogens is 337 g/mol. The van der Waals surface area contributed by atoms with E-state index in [0.29, 0.717) is 30.2 Å². The first-order valence-corrected chi connectivity index (χ1v) is 8.43. The largest absolute Gasteiger partial charge is 0.494 e. The van der Waals surface area contributed by atoms with Crippen LogP contribution in [0.3, 0.4) is 0 Å². The molecule has 0 radical (unpaired) electrons. The lowest BCUT2D eigenvalue weighted by molar-refractivity contribution is -0.123. The number of hydrogen-bond donors (Lipinski definition) is 1. The van der Waals surface area contributed by atoms with E-state index < -0.39 is 0 Å². The molecule has 0 aromatic heterocycles. The first-order chi connectivity index (χ1) is 12.5. The van der Waals surface area contributed by atoms with E-state index in [0.717, 1.165) is 12.8 Å². The van der Waals surface area contributed by atoms with E-state index in [1.807, 2.05) is 0 Å². The Kier molecular flexibility index (Phi) is 7.61. The number of ketones is 1. The summed E-state index contributed by atoms with van der Waals surface area (Å²) in [7, 11) is 0. The highest BCUT2D eigenvalue weighted by atomic mass is 19.1. The number of amides is 1. The van der Waals surface area contributed by atoms with Crippen LogP contribution < -0.4 is 14.8 Å². The summed E-state index contributed by atoms with van der Waals surface area (Å²) >= 11 is 0. The lowest BCUT2D eigenvalue weighted by atomic mass is 10.1. The summed E-state index contributed by atoms with van der Waals surface area (Å²) in [5, 5.41) is 2.77. The molecule has 2 aromatic rings. The number of hydrogen-bond acceptors (Lipinski definition) is 4. The fourth-order valence-electron chi connectivity index (χ4n) is 2.16. The van der Waals surface area contributed by atoms with E-state index in [9.17, 15) is 14.0 Å². The van der Waals surface area contributed by atoms with Crippen LogP contribution in [0.15, 0.2) is 48.5 Å². The lowest BCUT2D eigenvalue weighted by Crippen LogP contribution is -2.29. The van der Waals surface area contributed by atoms with Crippen LogP contribution in [0.1, 0.15) is 30.1 Å². The van der Waals surface area contributed by atoms with E-state index in [1.54, 1.807) is 36.4 Å². The zero-order chi connectivity index (χ0) is 18.8. The monoisotopic (exact) mass is 359 g/mol. The maximum absolute atomic E-state index is 12.8. The van der Waals surface area contributed by atoms with Crippen molar-refractivity contribution in [3.63, 3.8) is 0 Å². The molecule has 0 saturated heterocycles. The average molecular weight is 359 g/mol. The molecule has 0 spiro atoms. The van der Waals surface area contributed by atoms with Crippen LogP contribution >= 0.6 is 0 Å². The van der Waals surface area contributed by atoms with E-state index in [1.165, 1.54) is 19.1 Å². The highest BCUT2D eigenvalue weighted by molar-refractivity contribution is 5.94. The normalized spacial score (nSPS) is 10.2. The number of ether oxygens (including phenoxy) is 2. The third-order valence-electron chi connectivity index (χ3n) is 3.61. The number of unbranched alkanes of at least 4 members (excludes halogenated alkanes) is 1. The summed E-state index contributed by atoms with van der Waals surface area (Å²) in [6.07, 6.45) is 1.53. The van der Waals surface area contributed by atoms with Gasteiger partial charge in [-0.2, -0.15) is 0 Å². The van der Waals surface area contributed by atoms with Crippen LogP contribution in [-0.4, -0.2) is 31.4 Å². The molecule has 5 nitrogen and oxygen atoms in total. The van der Waals surface area contributed by atoms with E-state index >= 15 is 0 Å². The molecule has 2 aromatic carbocycles. The molecule has 138 valence electrons. The minimum atomic E-state index is -0.294. The van der Waals surface area contributed by atoms with E-state index in [2.05, 4.69) is 5.32 Å². The predicted molar refractivity (Wildman–Crippen MR) is 96.1 cm³/mol. The van der Waals surface area contributed by atoms with Gasteiger partial charge >= 0.3 is 0 Å². The second-order valence-corrected chi connectivity index (χ2v) is 5.73. The Hall–Kier alpha value is -2.89. The number of carbonyl (C=O) groups excluding carboxylic acids is 2. The van der Waals surface area contributed by atoms with Crippen molar-refractivity contribution in [1.29, 1.82) is 0 Å². The van der Waals surface area contributed by atoms with Crippen molar-refractivity contribution in [2.75, 3.05) is 19.8 Å². The molecule has 6 heteroatoms. The Morgan fingerprint density at radius 1 is 0.923 bits per heavy atom. The molecule has 0 fully saturated rings. The van der Waals surface area contributed by atoms with Gasteiger partial charge in [-0.3, -0.25) is 9.59 Å². The zero-order valence-electron chi connectivity index (χ0n) is 14.7. The van der Waals surface area contributed by atoms with Gasteiger partial charge < -0.3 is 14.8 Å². The molecule has 26 heavy (non-hydrogen) atoms. The number of Topliss-reactive ketones (excluding diaryl/α,β-unsaturated/α-hetero) is 1. The molecule has 0 saturated carbocycles. The third kappa shape index (κ3) is 6.93. The van der Waals surface area contributed by atoms with Crippen LogP contribution in [-0.2, 0) is 4.79 Å².